The van der Waals surface area contributed by atoms with Gasteiger partial charge in [-0.05, 0) is 49.4 Å². The third-order valence-electron chi connectivity index (χ3n) is 7.11. The smallest absolute Gasteiger partial charge is 0.336 e. The standard InChI is InChI=1S/C23H27NO6/c1-3-14-8-21(27)29-19-7-13(2)6-18(22(14)19)28-11-20(26)24-9-16-15(10-25)17-4-5-23(16,12-24)30-17/h6-8,15-17,25H,3-5,9-12H2,1-2H3/t15-,16+,17+,23+/m1/s1. The van der Waals surface area contributed by atoms with Crippen molar-refractivity contribution in [3.63, 3.8) is 0 Å². The Hall–Kier alpha value is -2.38. The van der Waals surface area contributed by atoms with Crippen molar-refractivity contribution in [3.8, 4) is 5.75 Å². The van der Waals surface area contributed by atoms with Crippen LogP contribution in [0, 0.1) is 18.8 Å². The number of hydrogen-bond acceptors (Lipinski definition) is 6. The maximum absolute atomic E-state index is 13.0. The number of amides is 1. The lowest BCUT2D eigenvalue weighted by Crippen LogP contribution is -2.38. The first-order chi connectivity index (χ1) is 14.4. The monoisotopic (exact) mass is 413 g/mol. The Kier molecular flexibility index (Phi) is 4.63. The van der Waals surface area contributed by atoms with Crippen molar-refractivity contribution in [1.29, 1.82) is 0 Å². The minimum Gasteiger partial charge on any atom is -0.483 e. The number of aliphatic hydroxyl groups is 1. The number of ether oxygens (including phenoxy) is 2. The van der Waals surface area contributed by atoms with E-state index >= 15 is 0 Å². The highest BCUT2D eigenvalue weighted by atomic mass is 16.5. The quantitative estimate of drug-likeness (QED) is 0.755. The minimum atomic E-state index is -0.386. The Labute approximate surface area is 174 Å². The molecule has 3 fully saturated rings. The molecule has 3 aliphatic rings. The molecular weight excluding hydrogens is 386 g/mol. The normalized spacial score (nSPS) is 29.6. The molecule has 1 aromatic heterocycles. The summed E-state index contributed by atoms with van der Waals surface area (Å²) < 4.78 is 17.5. The van der Waals surface area contributed by atoms with Gasteiger partial charge in [-0.2, -0.15) is 0 Å². The van der Waals surface area contributed by atoms with Gasteiger partial charge in [0, 0.05) is 31.1 Å². The summed E-state index contributed by atoms with van der Waals surface area (Å²) in [6.07, 6.45) is 2.70. The van der Waals surface area contributed by atoms with Crippen LogP contribution >= 0.6 is 0 Å². The number of carbonyl (C=O) groups excluding carboxylic acids is 1. The van der Waals surface area contributed by atoms with E-state index in [1.807, 2.05) is 30.9 Å². The van der Waals surface area contributed by atoms with Gasteiger partial charge in [0.25, 0.3) is 5.91 Å². The van der Waals surface area contributed by atoms with E-state index in [9.17, 15) is 14.7 Å². The second-order valence-corrected chi connectivity index (χ2v) is 8.86. The molecule has 0 radical (unpaired) electrons. The van der Waals surface area contributed by atoms with Crippen LogP contribution in [0.4, 0.5) is 0 Å². The summed E-state index contributed by atoms with van der Waals surface area (Å²) in [5.74, 6) is 0.786. The molecule has 160 valence electrons. The zero-order valence-electron chi connectivity index (χ0n) is 17.3. The first kappa shape index (κ1) is 19.6. The Morgan fingerprint density at radius 1 is 1.37 bits per heavy atom. The second-order valence-electron chi connectivity index (χ2n) is 8.86. The summed E-state index contributed by atoms with van der Waals surface area (Å²) >= 11 is 0. The number of aliphatic hydroxyl groups excluding tert-OH is 1. The molecular formula is C23H27NO6. The van der Waals surface area contributed by atoms with Crippen LogP contribution in [0.25, 0.3) is 11.0 Å². The van der Waals surface area contributed by atoms with Crippen molar-refractivity contribution >= 4 is 16.9 Å². The lowest BCUT2D eigenvalue weighted by atomic mass is 9.74. The topological polar surface area (TPSA) is 89.2 Å². The maximum Gasteiger partial charge on any atom is 0.336 e. The minimum absolute atomic E-state index is 0.0865. The molecule has 2 aromatic rings. The first-order valence-corrected chi connectivity index (χ1v) is 10.7. The number of aryl methyl sites for hydroxylation is 2. The van der Waals surface area contributed by atoms with E-state index < -0.39 is 0 Å². The van der Waals surface area contributed by atoms with Crippen molar-refractivity contribution in [1.82, 2.24) is 4.90 Å². The van der Waals surface area contributed by atoms with Gasteiger partial charge in [0.05, 0.1) is 23.6 Å². The van der Waals surface area contributed by atoms with Gasteiger partial charge < -0.3 is 23.9 Å². The molecule has 0 aliphatic carbocycles. The van der Waals surface area contributed by atoms with Crippen molar-refractivity contribution in [2.75, 3.05) is 26.3 Å². The number of carbonyl (C=O) groups is 1. The van der Waals surface area contributed by atoms with Crippen LogP contribution in [0.15, 0.2) is 27.4 Å². The Bertz CT molecular complexity index is 1060. The predicted octanol–water partition coefficient (Wildman–Crippen LogP) is 2.04. The largest absolute Gasteiger partial charge is 0.483 e. The highest BCUT2D eigenvalue weighted by molar-refractivity contribution is 5.88. The summed E-state index contributed by atoms with van der Waals surface area (Å²) in [7, 11) is 0. The zero-order valence-corrected chi connectivity index (χ0v) is 17.3. The SMILES string of the molecule is CCc1cc(=O)oc2cc(C)cc(OCC(=O)N3C[C@H]4[C@@H](CO)[C@@H]5CC[C@@]4(C3)O5)c12. The number of nitrogens with zero attached hydrogens (tertiary/aromatic N) is 1. The van der Waals surface area contributed by atoms with Crippen LogP contribution in [-0.4, -0.2) is 53.9 Å². The van der Waals surface area contributed by atoms with Gasteiger partial charge in [-0.1, -0.05) is 6.92 Å². The number of likely N-dealkylation sites (tertiary alicyclic amines) is 1. The van der Waals surface area contributed by atoms with E-state index in [4.69, 9.17) is 13.9 Å². The molecule has 2 bridgehead atoms. The fourth-order valence-corrected chi connectivity index (χ4v) is 5.72. The summed E-state index contributed by atoms with van der Waals surface area (Å²) in [4.78, 5) is 26.6. The second kappa shape index (κ2) is 7.10. The van der Waals surface area contributed by atoms with E-state index in [1.54, 1.807) is 0 Å². The molecule has 1 aromatic carbocycles. The number of rotatable bonds is 5. The number of hydrogen-bond donors (Lipinski definition) is 1. The van der Waals surface area contributed by atoms with Crippen molar-refractivity contribution in [2.24, 2.45) is 11.8 Å². The molecule has 7 nitrogen and oxygen atoms in total. The molecule has 3 aliphatic heterocycles. The van der Waals surface area contributed by atoms with E-state index in [2.05, 4.69) is 0 Å². The first-order valence-electron chi connectivity index (χ1n) is 10.7. The molecule has 5 rings (SSSR count). The lowest BCUT2D eigenvalue weighted by Gasteiger charge is -2.27. The van der Waals surface area contributed by atoms with Gasteiger partial charge in [-0.25, -0.2) is 4.79 Å². The summed E-state index contributed by atoms with van der Waals surface area (Å²) in [5.41, 5.74) is 1.54. The van der Waals surface area contributed by atoms with Gasteiger partial charge >= 0.3 is 5.63 Å². The molecule has 4 heterocycles. The summed E-state index contributed by atoms with van der Waals surface area (Å²) in [5, 5.41) is 10.5. The Balaban J connectivity index is 1.35. The van der Waals surface area contributed by atoms with Gasteiger partial charge in [0.2, 0.25) is 0 Å². The predicted molar refractivity (Wildman–Crippen MR) is 110 cm³/mol. The zero-order chi connectivity index (χ0) is 21.0. The van der Waals surface area contributed by atoms with Gasteiger partial charge in [0.1, 0.15) is 11.3 Å². The molecule has 1 N–H and O–H groups in total. The Morgan fingerprint density at radius 2 is 2.20 bits per heavy atom. The van der Waals surface area contributed by atoms with Gasteiger partial charge in [-0.15, -0.1) is 0 Å². The third kappa shape index (κ3) is 2.94. The summed E-state index contributed by atoms with van der Waals surface area (Å²) in [6, 6.07) is 5.17. The van der Waals surface area contributed by atoms with E-state index in [-0.39, 0.29) is 48.3 Å². The van der Waals surface area contributed by atoms with Crippen molar-refractivity contribution in [2.45, 2.75) is 44.8 Å². The van der Waals surface area contributed by atoms with Crippen LogP contribution in [0.5, 0.6) is 5.75 Å². The van der Waals surface area contributed by atoms with Gasteiger partial charge in [0.15, 0.2) is 6.61 Å². The molecule has 1 spiro atoms. The van der Waals surface area contributed by atoms with E-state index in [0.717, 1.165) is 29.4 Å². The van der Waals surface area contributed by atoms with E-state index in [1.165, 1.54) is 6.07 Å². The number of benzene rings is 1. The average molecular weight is 413 g/mol. The highest BCUT2D eigenvalue weighted by Crippen LogP contribution is 2.54. The average Bonchev–Trinajstić information content (AvgIpc) is 3.38. The fraction of sp³-hybridized carbons (Fsp3) is 0.565. The van der Waals surface area contributed by atoms with Crippen molar-refractivity contribution in [3.05, 3.63) is 39.7 Å². The lowest BCUT2D eigenvalue weighted by molar-refractivity contribution is -0.133. The number of fused-ring (bicyclic) bond motifs is 2. The fourth-order valence-electron chi connectivity index (χ4n) is 5.72. The van der Waals surface area contributed by atoms with Crippen LogP contribution in [0.2, 0.25) is 0 Å². The van der Waals surface area contributed by atoms with Crippen LogP contribution in [0.3, 0.4) is 0 Å². The van der Waals surface area contributed by atoms with Crippen LogP contribution in [0.1, 0.15) is 30.9 Å². The third-order valence-corrected chi connectivity index (χ3v) is 7.11. The maximum atomic E-state index is 13.0. The summed E-state index contributed by atoms with van der Waals surface area (Å²) in [6.45, 7) is 5.06. The molecule has 0 saturated carbocycles. The highest BCUT2D eigenvalue weighted by Gasteiger charge is 2.63. The molecule has 7 heteroatoms. The molecule has 30 heavy (non-hydrogen) atoms. The van der Waals surface area contributed by atoms with Gasteiger partial charge in [-0.3, -0.25) is 4.79 Å². The van der Waals surface area contributed by atoms with Crippen LogP contribution in [-0.2, 0) is 16.0 Å². The molecule has 3 saturated heterocycles. The molecule has 1 amide bonds. The van der Waals surface area contributed by atoms with Crippen molar-refractivity contribution < 1.29 is 23.8 Å². The molecule has 0 unspecified atom stereocenters. The van der Waals surface area contributed by atoms with Crippen LogP contribution < -0.4 is 10.4 Å². The Morgan fingerprint density at radius 3 is 2.97 bits per heavy atom. The van der Waals surface area contributed by atoms with E-state index in [0.29, 0.717) is 30.8 Å². The molecule has 4 atom stereocenters.